The van der Waals surface area contributed by atoms with Gasteiger partial charge in [-0.15, -0.1) is 0 Å². The Balaban J connectivity index is 2.09. The highest BCUT2D eigenvalue weighted by atomic mass is 16.2. The molecule has 0 aliphatic carbocycles. The molecule has 0 radical (unpaired) electrons. The van der Waals surface area contributed by atoms with E-state index in [-0.39, 0.29) is 25.2 Å². The Morgan fingerprint density at radius 1 is 1.32 bits per heavy atom. The number of carbonyl (C=O) groups excluding carboxylic acids is 3. The van der Waals surface area contributed by atoms with Gasteiger partial charge in [0.25, 0.3) is 11.7 Å². The van der Waals surface area contributed by atoms with Crippen molar-refractivity contribution in [2.24, 2.45) is 0 Å². The Labute approximate surface area is 130 Å². The number of Topliss-reactive ketones (excluding diaryl/α,β-unsaturated/α-hetero) is 1. The van der Waals surface area contributed by atoms with E-state index in [1.165, 1.54) is 4.90 Å². The van der Waals surface area contributed by atoms with Gasteiger partial charge in [0, 0.05) is 6.04 Å². The number of benzene rings is 1. The normalized spacial score (nSPS) is 15.2. The largest absolute Gasteiger partial charge is 0.349 e. The summed E-state index contributed by atoms with van der Waals surface area (Å²) < 4.78 is 0. The number of aryl methyl sites for hydroxylation is 1. The number of fused-ring (bicyclic) bond motifs is 1. The zero-order valence-electron chi connectivity index (χ0n) is 13.4. The second kappa shape index (κ2) is 6.27. The fraction of sp³-hybridized carbons (Fsp3) is 0.438. The molecular weight excluding hydrogens is 282 g/mol. The quantitative estimate of drug-likeness (QED) is 0.722. The number of amides is 2. The molecule has 1 aromatic carbocycles. The highest BCUT2D eigenvalue weighted by Crippen LogP contribution is 2.28. The fourth-order valence-corrected chi connectivity index (χ4v) is 2.54. The summed E-state index contributed by atoms with van der Waals surface area (Å²) in [6, 6.07) is 5.48. The average molecular weight is 304 g/mol. The molecule has 0 saturated heterocycles. The van der Waals surface area contributed by atoms with Crippen molar-refractivity contribution in [1.82, 2.24) is 5.32 Å². The molecule has 0 spiro atoms. The van der Waals surface area contributed by atoms with Gasteiger partial charge in [0.05, 0.1) is 18.3 Å². The molecule has 0 aromatic heterocycles. The number of ketones is 1. The maximum Gasteiger partial charge on any atom is 0.303 e. The molecule has 1 aromatic rings. The summed E-state index contributed by atoms with van der Waals surface area (Å²) in [6.45, 7) is 6.21. The van der Waals surface area contributed by atoms with Crippen molar-refractivity contribution in [2.45, 2.75) is 26.8 Å². The third-order valence-corrected chi connectivity index (χ3v) is 3.47. The third-order valence-electron chi connectivity index (χ3n) is 3.47. The first-order valence-corrected chi connectivity index (χ1v) is 7.37. The van der Waals surface area contributed by atoms with Crippen LogP contribution in [0.15, 0.2) is 18.2 Å². The highest BCUT2D eigenvalue weighted by molar-refractivity contribution is 6.52. The Hall–Kier alpha value is -2.21. The van der Waals surface area contributed by atoms with E-state index in [2.05, 4.69) is 5.32 Å². The van der Waals surface area contributed by atoms with E-state index in [0.29, 0.717) is 11.3 Å². The molecule has 1 atom stereocenters. The van der Waals surface area contributed by atoms with Crippen molar-refractivity contribution in [3.05, 3.63) is 29.3 Å². The molecule has 0 saturated carbocycles. The monoisotopic (exact) mass is 304 g/mol. The minimum Gasteiger partial charge on any atom is -0.349 e. The van der Waals surface area contributed by atoms with Crippen molar-refractivity contribution in [3.63, 3.8) is 0 Å². The van der Waals surface area contributed by atoms with Gasteiger partial charge in [0.1, 0.15) is 0 Å². The summed E-state index contributed by atoms with van der Waals surface area (Å²) in [6.07, 6.45) is 0. The minimum absolute atomic E-state index is 0.0744. The molecule has 2 N–H and O–H groups in total. The third kappa shape index (κ3) is 3.33. The molecule has 118 valence electrons. The van der Waals surface area contributed by atoms with E-state index in [1.807, 2.05) is 33.9 Å². The number of likely N-dealkylation sites (N-methyl/N-ethyl adjacent to an activating group) is 1. The van der Waals surface area contributed by atoms with Gasteiger partial charge < -0.3 is 10.2 Å². The first kappa shape index (κ1) is 16.2. The second-order valence-corrected chi connectivity index (χ2v) is 6.10. The molecular formula is C16H22N3O3+. The van der Waals surface area contributed by atoms with E-state index in [9.17, 15) is 14.4 Å². The number of rotatable bonds is 5. The van der Waals surface area contributed by atoms with Gasteiger partial charge in [0.15, 0.2) is 13.2 Å². The predicted octanol–water partition coefficient (Wildman–Crippen LogP) is -0.479. The van der Waals surface area contributed by atoms with E-state index in [0.717, 1.165) is 10.5 Å². The molecule has 0 fully saturated rings. The summed E-state index contributed by atoms with van der Waals surface area (Å²) in [5.41, 5.74) is 2.02. The van der Waals surface area contributed by atoms with Crippen LogP contribution in [0.2, 0.25) is 0 Å². The molecule has 1 heterocycles. The van der Waals surface area contributed by atoms with Gasteiger partial charge in [-0.05, 0) is 32.9 Å². The zero-order valence-corrected chi connectivity index (χ0v) is 13.4. The van der Waals surface area contributed by atoms with Gasteiger partial charge in [0.2, 0.25) is 0 Å². The molecule has 0 bridgehead atoms. The fourth-order valence-electron chi connectivity index (χ4n) is 2.54. The second-order valence-electron chi connectivity index (χ2n) is 6.10. The maximum absolute atomic E-state index is 12.1. The summed E-state index contributed by atoms with van der Waals surface area (Å²) in [7, 11) is 1.82. The van der Waals surface area contributed by atoms with E-state index < -0.39 is 11.7 Å². The van der Waals surface area contributed by atoms with Crippen LogP contribution in [0.5, 0.6) is 0 Å². The highest BCUT2D eigenvalue weighted by Gasteiger charge is 2.37. The van der Waals surface area contributed by atoms with Gasteiger partial charge in [-0.1, -0.05) is 11.6 Å². The lowest BCUT2D eigenvalue weighted by Crippen LogP contribution is -3.12. The number of quaternary nitrogens is 1. The lowest BCUT2D eigenvalue weighted by molar-refractivity contribution is -0.869. The van der Waals surface area contributed by atoms with Crippen LogP contribution in [0, 0.1) is 6.92 Å². The zero-order chi connectivity index (χ0) is 16.4. The molecule has 1 aliphatic heterocycles. The van der Waals surface area contributed by atoms with Gasteiger partial charge in [-0.3, -0.25) is 19.3 Å². The first-order valence-electron chi connectivity index (χ1n) is 7.37. The van der Waals surface area contributed by atoms with Crippen LogP contribution in [-0.4, -0.2) is 43.9 Å². The van der Waals surface area contributed by atoms with Crippen molar-refractivity contribution in [3.8, 4) is 0 Å². The van der Waals surface area contributed by atoms with Crippen molar-refractivity contribution in [2.75, 3.05) is 25.2 Å². The molecule has 6 heteroatoms. The summed E-state index contributed by atoms with van der Waals surface area (Å²) in [5.74, 6) is -1.07. The summed E-state index contributed by atoms with van der Waals surface area (Å²) >= 11 is 0. The van der Waals surface area contributed by atoms with Crippen LogP contribution in [0.1, 0.15) is 29.8 Å². The first-order chi connectivity index (χ1) is 10.3. The lowest BCUT2D eigenvalue weighted by atomic mass is 10.1. The van der Waals surface area contributed by atoms with E-state index >= 15 is 0 Å². The van der Waals surface area contributed by atoms with E-state index in [4.69, 9.17) is 0 Å². The summed E-state index contributed by atoms with van der Waals surface area (Å²) in [4.78, 5) is 38.2. The molecule has 22 heavy (non-hydrogen) atoms. The molecule has 2 amide bonds. The molecule has 2 rings (SSSR count). The van der Waals surface area contributed by atoms with Crippen molar-refractivity contribution in [1.29, 1.82) is 0 Å². The van der Waals surface area contributed by atoms with Crippen molar-refractivity contribution < 1.29 is 19.3 Å². The van der Waals surface area contributed by atoms with Gasteiger partial charge >= 0.3 is 5.91 Å². The topological polar surface area (TPSA) is 70.9 Å². The van der Waals surface area contributed by atoms with Crippen LogP contribution < -0.4 is 15.1 Å². The van der Waals surface area contributed by atoms with Crippen LogP contribution in [0.3, 0.4) is 0 Å². The lowest BCUT2D eigenvalue weighted by Gasteiger charge is -2.21. The average Bonchev–Trinajstić information content (AvgIpc) is 2.62. The number of anilines is 1. The smallest absolute Gasteiger partial charge is 0.303 e. The maximum atomic E-state index is 12.1. The molecule has 6 nitrogen and oxygen atoms in total. The Kier molecular flexibility index (Phi) is 4.61. The van der Waals surface area contributed by atoms with Crippen LogP contribution >= 0.6 is 0 Å². The standard InChI is InChI=1S/C16H21N3O3/c1-10(2)17-14(20)8-18(4)9-19-13-6-5-11(3)7-12(13)15(21)16(19)22/h5-7,10H,8-9H2,1-4H3,(H,17,20)/p+1. The summed E-state index contributed by atoms with van der Waals surface area (Å²) in [5, 5.41) is 2.82. The Morgan fingerprint density at radius 2 is 2.00 bits per heavy atom. The van der Waals surface area contributed by atoms with Gasteiger partial charge in [-0.25, -0.2) is 0 Å². The SMILES string of the molecule is Cc1ccc2c(c1)C(=O)C(=O)N2C[NH+](C)CC(=O)NC(C)C. The number of nitrogens with zero attached hydrogens (tertiary/aromatic N) is 1. The number of hydrogen-bond donors (Lipinski definition) is 2. The predicted molar refractivity (Wildman–Crippen MR) is 82.9 cm³/mol. The number of hydrogen-bond acceptors (Lipinski definition) is 3. The number of nitrogens with one attached hydrogen (secondary N) is 2. The minimum atomic E-state index is -0.524. The Morgan fingerprint density at radius 3 is 2.64 bits per heavy atom. The van der Waals surface area contributed by atoms with Crippen LogP contribution in [0.4, 0.5) is 5.69 Å². The van der Waals surface area contributed by atoms with Crippen LogP contribution in [-0.2, 0) is 9.59 Å². The van der Waals surface area contributed by atoms with Crippen molar-refractivity contribution >= 4 is 23.3 Å². The molecule has 1 aliphatic rings. The number of carbonyl (C=O) groups is 3. The molecule has 1 unspecified atom stereocenters. The van der Waals surface area contributed by atoms with Crippen LogP contribution in [0.25, 0.3) is 0 Å². The Bertz CT molecular complexity index is 625. The van der Waals surface area contributed by atoms with E-state index in [1.54, 1.807) is 12.1 Å². The van der Waals surface area contributed by atoms with Gasteiger partial charge in [-0.2, -0.15) is 0 Å².